The maximum Gasteiger partial charge on any atom is 0.387 e. The quantitative estimate of drug-likeness (QED) is 0.533. The summed E-state index contributed by atoms with van der Waals surface area (Å²) in [5, 5.41) is 0.479. The minimum absolute atomic E-state index is 0.0962. The Bertz CT molecular complexity index is 1190. The van der Waals surface area contributed by atoms with Crippen LogP contribution in [0.5, 0.6) is 11.5 Å². The minimum Gasteiger partial charge on any atom is -0.493 e. The lowest BCUT2D eigenvalue weighted by atomic mass is 10.1. The molecular formula is C23H23F2N3O4. The molecular weight excluding hydrogens is 420 g/mol. The molecule has 2 aromatic carbocycles. The first-order valence-electron chi connectivity index (χ1n) is 9.88. The largest absolute Gasteiger partial charge is 0.493 e. The van der Waals surface area contributed by atoms with Gasteiger partial charge in [0.25, 0.3) is 5.56 Å². The van der Waals surface area contributed by atoms with E-state index >= 15 is 0 Å². The number of para-hydroxylation sites is 1. The van der Waals surface area contributed by atoms with Gasteiger partial charge in [0.15, 0.2) is 11.5 Å². The van der Waals surface area contributed by atoms with Gasteiger partial charge in [-0.05, 0) is 49.8 Å². The molecule has 1 N–H and O–H groups in total. The Hall–Kier alpha value is -3.75. The third kappa shape index (κ3) is 5.48. The van der Waals surface area contributed by atoms with Crippen molar-refractivity contribution < 1.29 is 23.0 Å². The number of rotatable bonds is 8. The number of aromatic nitrogens is 2. The Morgan fingerprint density at radius 3 is 2.62 bits per heavy atom. The first-order valence-corrected chi connectivity index (χ1v) is 9.88. The maximum atomic E-state index is 12.8. The Balaban J connectivity index is 1.80. The molecule has 1 aromatic heterocycles. The van der Waals surface area contributed by atoms with Crippen LogP contribution in [0.2, 0.25) is 0 Å². The number of H-pyrrole nitrogens is 1. The summed E-state index contributed by atoms with van der Waals surface area (Å²) in [5.41, 5.74) is 0.851. The molecule has 0 aliphatic carbocycles. The smallest absolute Gasteiger partial charge is 0.387 e. The van der Waals surface area contributed by atoms with Crippen LogP contribution in [-0.2, 0) is 11.3 Å². The van der Waals surface area contributed by atoms with Gasteiger partial charge in [-0.1, -0.05) is 18.2 Å². The predicted octanol–water partition coefficient (Wildman–Crippen LogP) is 3.98. The highest BCUT2D eigenvalue weighted by atomic mass is 19.3. The lowest BCUT2D eigenvalue weighted by molar-refractivity contribution is -0.128. The van der Waals surface area contributed by atoms with E-state index in [-0.39, 0.29) is 35.6 Å². The fraction of sp³-hybridized carbons (Fsp3) is 0.261. The number of carbonyl (C=O) groups is 1. The number of ether oxygens (including phenoxy) is 2. The molecule has 3 rings (SSSR count). The summed E-state index contributed by atoms with van der Waals surface area (Å²) in [5.74, 6) is 0.0988. The van der Waals surface area contributed by atoms with Gasteiger partial charge in [-0.2, -0.15) is 8.78 Å². The molecule has 1 amide bonds. The number of amides is 1. The molecule has 0 radical (unpaired) electrons. The number of alkyl halides is 2. The second kappa shape index (κ2) is 10.0. The zero-order chi connectivity index (χ0) is 23.3. The predicted molar refractivity (Wildman–Crippen MR) is 117 cm³/mol. The van der Waals surface area contributed by atoms with Crippen molar-refractivity contribution in [3.05, 3.63) is 70.3 Å². The number of hydrogen-bond donors (Lipinski definition) is 1. The van der Waals surface area contributed by atoms with Crippen LogP contribution < -0.4 is 15.0 Å². The monoisotopic (exact) mass is 443 g/mol. The molecule has 1 heterocycles. The van der Waals surface area contributed by atoms with Gasteiger partial charge in [-0.3, -0.25) is 9.59 Å². The fourth-order valence-electron chi connectivity index (χ4n) is 3.13. The molecule has 0 aliphatic heterocycles. The van der Waals surface area contributed by atoms with Crippen molar-refractivity contribution in [3.8, 4) is 11.5 Å². The molecule has 168 valence electrons. The van der Waals surface area contributed by atoms with Gasteiger partial charge in [0, 0.05) is 12.1 Å². The minimum atomic E-state index is -2.97. The summed E-state index contributed by atoms with van der Waals surface area (Å²) in [6, 6.07) is 11.2. The molecule has 0 spiro atoms. The number of nitrogens with zero attached hydrogens (tertiary/aromatic N) is 2. The Kier molecular flexibility index (Phi) is 7.19. The lowest BCUT2D eigenvalue weighted by Gasteiger charge is -2.25. The van der Waals surface area contributed by atoms with Crippen LogP contribution >= 0.6 is 0 Å². The third-order valence-electron chi connectivity index (χ3n) is 4.71. The molecule has 0 bridgehead atoms. The van der Waals surface area contributed by atoms with E-state index in [9.17, 15) is 18.4 Å². The van der Waals surface area contributed by atoms with E-state index in [2.05, 4.69) is 14.7 Å². The Labute approximate surface area is 183 Å². The maximum absolute atomic E-state index is 12.8. The van der Waals surface area contributed by atoms with E-state index in [4.69, 9.17) is 4.74 Å². The number of carbonyl (C=O) groups excluding carboxylic acids is 1. The number of hydrogen-bond acceptors (Lipinski definition) is 5. The normalized spacial score (nSPS) is 11.5. The number of fused-ring (bicyclic) bond motifs is 1. The molecule has 7 nitrogen and oxygen atoms in total. The number of aromatic amines is 1. The van der Waals surface area contributed by atoms with E-state index in [0.29, 0.717) is 22.3 Å². The zero-order valence-electron chi connectivity index (χ0n) is 17.8. The lowest BCUT2D eigenvalue weighted by Crippen LogP contribution is -2.36. The third-order valence-corrected chi connectivity index (χ3v) is 4.71. The molecule has 0 fully saturated rings. The number of benzene rings is 2. The van der Waals surface area contributed by atoms with Gasteiger partial charge >= 0.3 is 6.61 Å². The van der Waals surface area contributed by atoms with Crippen LogP contribution in [0, 0.1) is 0 Å². The van der Waals surface area contributed by atoms with Crippen LogP contribution in [0.15, 0.2) is 53.3 Å². The molecule has 0 unspecified atom stereocenters. The molecule has 9 heteroatoms. The van der Waals surface area contributed by atoms with E-state index in [0.717, 1.165) is 0 Å². The van der Waals surface area contributed by atoms with Crippen molar-refractivity contribution in [1.29, 1.82) is 0 Å². The molecule has 0 atom stereocenters. The van der Waals surface area contributed by atoms with Gasteiger partial charge < -0.3 is 19.4 Å². The van der Waals surface area contributed by atoms with Gasteiger partial charge in [-0.25, -0.2) is 4.98 Å². The Morgan fingerprint density at radius 2 is 1.94 bits per heavy atom. The van der Waals surface area contributed by atoms with Crippen LogP contribution in [0.4, 0.5) is 8.78 Å². The average molecular weight is 443 g/mol. The van der Waals surface area contributed by atoms with Crippen molar-refractivity contribution in [2.75, 3.05) is 7.11 Å². The van der Waals surface area contributed by atoms with Crippen molar-refractivity contribution in [1.82, 2.24) is 14.9 Å². The first kappa shape index (κ1) is 22.9. The zero-order valence-corrected chi connectivity index (χ0v) is 17.8. The highest BCUT2D eigenvalue weighted by Gasteiger charge is 2.17. The van der Waals surface area contributed by atoms with E-state index in [1.807, 2.05) is 13.8 Å². The summed E-state index contributed by atoms with van der Waals surface area (Å²) in [6.45, 7) is 0.849. The van der Waals surface area contributed by atoms with Crippen molar-refractivity contribution in [2.45, 2.75) is 33.0 Å². The topological polar surface area (TPSA) is 84.5 Å². The molecule has 3 aromatic rings. The van der Waals surface area contributed by atoms with E-state index in [1.54, 1.807) is 35.2 Å². The molecule has 0 saturated heterocycles. The SMILES string of the molecule is COc1cc(/C=C/C(=O)N(Cc2nc3ccccc3c(=O)[nH]2)C(C)C)ccc1OC(F)F. The first-order chi connectivity index (χ1) is 15.3. The van der Waals surface area contributed by atoms with Gasteiger partial charge in [-0.15, -0.1) is 0 Å². The van der Waals surface area contributed by atoms with Crippen molar-refractivity contribution in [3.63, 3.8) is 0 Å². The number of halogens is 2. The van der Waals surface area contributed by atoms with Crippen molar-refractivity contribution in [2.24, 2.45) is 0 Å². The summed E-state index contributed by atoms with van der Waals surface area (Å²) in [6.07, 6.45) is 2.91. The summed E-state index contributed by atoms with van der Waals surface area (Å²) < 4.78 is 34.4. The number of nitrogens with one attached hydrogen (secondary N) is 1. The summed E-state index contributed by atoms with van der Waals surface area (Å²) >= 11 is 0. The molecule has 0 aliphatic rings. The highest BCUT2D eigenvalue weighted by molar-refractivity contribution is 5.92. The second-order valence-corrected chi connectivity index (χ2v) is 7.21. The van der Waals surface area contributed by atoms with Gasteiger partial charge in [0.05, 0.1) is 24.6 Å². The van der Waals surface area contributed by atoms with Gasteiger partial charge in [0.2, 0.25) is 5.91 Å². The van der Waals surface area contributed by atoms with Crippen molar-refractivity contribution >= 4 is 22.9 Å². The fourth-order valence-corrected chi connectivity index (χ4v) is 3.13. The van der Waals surface area contributed by atoms with Crippen LogP contribution in [0.25, 0.3) is 17.0 Å². The summed E-state index contributed by atoms with van der Waals surface area (Å²) in [4.78, 5) is 33.9. The molecule has 32 heavy (non-hydrogen) atoms. The van der Waals surface area contributed by atoms with E-state index in [1.165, 1.54) is 31.4 Å². The second-order valence-electron chi connectivity index (χ2n) is 7.21. The number of methoxy groups -OCH3 is 1. The van der Waals surface area contributed by atoms with Crippen LogP contribution in [0.3, 0.4) is 0 Å². The molecule has 0 saturated carbocycles. The Morgan fingerprint density at radius 1 is 1.19 bits per heavy atom. The van der Waals surface area contributed by atoms with Crippen LogP contribution in [-0.4, -0.2) is 40.5 Å². The average Bonchev–Trinajstić information content (AvgIpc) is 2.76. The van der Waals surface area contributed by atoms with E-state index < -0.39 is 6.61 Å². The highest BCUT2D eigenvalue weighted by Crippen LogP contribution is 2.29. The standard InChI is InChI=1S/C23H23F2N3O4/c1-14(2)28(13-20-26-17-7-5-4-6-16(17)22(30)27-20)21(29)11-9-15-8-10-18(32-23(24)25)19(12-15)31-3/h4-12,14,23H,13H2,1-3H3,(H,26,27,30)/b11-9+. The van der Waals surface area contributed by atoms with Gasteiger partial charge in [0.1, 0.15) is 5.82 Å². The van der Waals surface area contributed by atoms with Crippen LogP contribution in [0.1, 0.15) is 25.2 Å². The summed E-state index contributed by atoms with van der Waals surface area (Å²) in [7, 11) is 1.34.